The molecule has 1 aliphatic rings. The van der Waals surface area contributed by atoms with E-state index < -0.39 is 0 Å². The van der Waals surface area contributed by atoms with Gasteiger partial charge in [0, 0.05) is 29.1 Å². The molecule has 26 heavy (non-hydrogen) atoms. The highest BCUT2D eigenvalue weighted by Gasteiger charge is 2.28. The van der Waals surface area contributed by atoms with Crippen LogP contribution >= 0.6 is 22.9 Å². The highest BCUT2D eigenvalue weighted by molar-refractivity contribution is 7.15. The summed E-state index contributed by atoms with van der Waals surface area (Å²) in [5.41, 5.74) is 1.27. The van der Waals surface area contributed by atoms with Crippen LogP contribution in [0.4, 0.5) is 5.13 Å². The quantitative estimate of drug-likeness (QED) is 0.696. The highest BCUT2D eigenvalue weighted by atomic mass is 35.5. The molecule has 8 heteroatoms. The third-order valence-corrected chi connectivity index (χ3v) is 5.41. The number of thiazole rings is 1. The lowest BCUT2D eigenvalue weighted by molar-refractivity contribution is 0.0889. The average molecular weight is 390 g/mol. The van der Waals surface area contributed by atoms with E-state index in [1.165, 1.54) is 17.7 Å². The van der Waals surface area contributed by atoms with Gasteiger partial charge < -0.3 is 9.15 Å². The monoisotopic (exact) mass is 389 g/mol. The van der Waals surface area contributed by atoms with Crippen molar-refractivity contribution in [3.63, 3.8) is 0 Å². The normalized spacial score (nSPS) is 16.7. The Kier molecular flexibility index (Phi) is 5.01. The first-order chi connectivity index (χ1) is 12.7. The number of rotatable bonds is 5. The number of anilines is 1. The van der Waals surface area contributed by atoms with E-state index in [1.807, 2.05) is 24.3 Å². The van der Waals surface area contributed by atoms with Crippen LogP contribution in [0.2, 0.25) is 5.02 Å². The molecule has 1 saturated heterocycles. The topological polar surface area (TPSA) is 77.3 Å². The molecule has 1 amide bonds. The Bertz CT molecular complexity index is 918. The molecule has 1 N–H and O–H groups in total. The van der Waals surface area contributed by atoms with Crippen molar-refractivity contribution in [1.82, 2.24) is 9.97 Å². The van der Waals surface area contributed by atoms with Crippen molar-refractivity contribution in [2.45, 2.75) is 25.4 Å². The molecular formula is C18H16ClN3O3S. The van der Waals surface area contributed by atoms with E-state index in [0.29, 0.717) is 23.9 Å². The van der Waals surface area contributed by atoms with Gasteiger partial charge in [-0.05, 0) is 24.5 Å². The summed E-state index contributed by atoms with van der Waals surface area (Å²) in [5, 5.41) is 4.02. The van der Waals surface area contributed by atoms with Gasteiger partial charge >= 0.3 is 0 Å². The second kappa shape index (κ2) is 7.57. The fraction of sp³-hybridized carbons (Fsp3) is 0.278. The lowest BCUT2D eigenvalue weighted by Crippen LogP contribution is -2.15. The number of aromatic nitrogens is 2. The molecule has 1 atom stereocenters. The summed E-state index contributed by atoms with van der Waals surface area (Å²) in [6, 6.07) is 7.68. The van der Waals surface area contributed by atoms with Crippen LogP contribution in [-0.4, -0.2) is 22.5 Å². The fourth-order valence-electron chi connectivity index (χ4n) is 2.87. The minimum atomic E-state index is -0.345. The molecule has 4 rings (SSSR count). The average Bonchev–Trinajstić information content (AvgIpc) is 3.37. The molecule has 3 heterocycles. The standard InChI is InChI=1S/C18H16ClN3O3S/c19-13-5-2-1-4-11(13)8-12-9-20-18(26-12)22-17(23)15-16(25-10-21-15)14-6-3-7-24-14/h1-2,4-5,9-10,14H,3,6-8H2,(H,20,22,23). The summed E-state index contributed by atoms with van der Waals surface area (Å²) in [4.78, 5) is 21.9. The second-order valence-electron chi connectivity index (χ2n) is 5.92. The third-order valence-electron chi connectivity index (χ3n) is 4.13. The molecular weight excluding hydrogens is 374 g/mol. The van der Waals surface area contributed by atoms with Crippen LogP contribution in [0, 0.1) is 0 Å². The Labute approximate surface area is 159 Å². The molecule has 1 unspecified atom stereocenters. The summed E-state index contributed by atoms with van der Waals surface area (Å²) >= 11 is 7.61. The van der Waals surface area contributed by atoms with E-state index in [9.17, 15) is 4.79 Å². The first-order valence-electron chi connectivity index (χ1n) is 8.25. The molecule has 0 aliphatic carbocycles. The molecule has 0 radical (unpaired) electrons. The number of nitrogens with one attached hydrogen (secondary N) is 1. The van der Waals surface area contributed by atoms with Crippen LogP contribution in [0.5, 0.6) is 0 Å². The zero-order chi connectivity index (χ0) is 17.9. The van der Waals surface area contributed by atoms with Gasteiger partial charge in [-0.1, -0.05) is 29.8 Å². The largest absolute Gasteiger partial charge is 0.445 e. The molecule has 1 fully saturated rings. The molecule has 1 aromatic carbocycles. The van der Waals surface area contributed by atoms with Gasteiger partial charge in [-0.25, -0.2) is 9.97 Å². The summed E-state index contributed by atoms with van der Waals surface area (Å²) < 4.78 is 11.0. The zero-order valence-corrected chi connectivity index (χ0v) is 15.3. The number of hydrogen-bond donors (Lipinski definition) is 1. The van der Waals surface area contributed by atoms with Crippen LogP contribution in [0.1, 0.15) is 45.6 Å². The molecule has 0 spiro atoms. The summed E-state index contributed by atoms with van der Waals surface area (Å²) in [6.45, 7) is 0.671. The Morgan fingerprint density at radius 2 is 2.23 bits per heavy atom. The zero-order valence-electron chi connectivity index (χ0n) is 13.8. The number of amides is 1. The van der Waals surface area contributed by atoms with Crippen molar-refractivity contribution in [3.05, 3.63) is 63.8 Å². The van der Waals surface area contributed by atoms with Crippen molar-refractivity contribution in [1.29, 1.82) is 0 Å². The number of benzene rings is 1. The van der Waals surface area contributed by atoms with Gasteiger partial charge in [-0.15, -0.1) is 11.3 Å². The number of halogens is 1. The SMILES string of the molecule is O=C(Nc1ncc(Cc2ccccc2Cl)s1)c1ncoc1C1CCCO1. The van der Waals surface area contributed by atoms with Crippen LogP contribution in [0.25, 0.3) is 0 Å². The predicted molar refractivity (Wildman–Crippen MR) is 98.8 cm³/mol. The fourth-order valence-corrected chi connectivity index (χ4v) is 3.90. The van der Waals surface area contributed by atoms with E-state index >= 15 is 0 Å². The lowest BCUT2D eigenvalue weighted by Gasteiger charge is -2.07. The first kappa shape index (κ1) is 17.2. The Hall–Kier alpha value is -2.22. The van der Waals surface area contributed by atoms with Gasteiger partial charge in [0.25, 0.3) is 5.91 Å². The molecule has 0 saturated carbocycles. The van der Waals surface area contributed by atoms with Crippen molar-refractivity contribution in [2.75, 3.05) is 11.9 Å². The second-order valence-corrected chi connectivity index (χ2v) is 7.44. The van der Waals surface area contributed by atoms with E-state index in [2.05, 4.69) is 15.3 Å². The van der Waals surface area contributed by atoms with Crippen LogP contribution in [0.15, 0.2) is 41.3 Å². The Balaban J connectivity index is 1.45. The van der Waals surface area contributed by atoms with Gasteiger partial charge in [0.2, 0.25) is 0 Å². The van der Waals surface area contributed by atoms with Gasteiger partial charge in [-0.3, -0.25) is 10.1 Å². The van der Waals surface area contributed by atoms with E-state index in [-0.39, 0.29) is 17.7 Å². The van der Waals surface area contributed by atoms with Gasteiger partial charge in [0.05, 0.1) is 0 Å². The van der Waals surface area contributed by atoms with Crippen molar-refractivity contribution in [2.24, 2.45) is 0 Å². The Morgan fingerprint density at radius 1 is 1.35 bits per heavy atom. The molecule has 1 aliphatic heterocycles. The number of oxazole rings is 1. The van der Waals surface area contributed by atoms with Crippen LogP contribution in [-0.2, 0) is 11.2 Å². The number of nitrogens with zero attached hydrogens (tertiary/aromatic N) is 2. The summed E-state index contributed by atoms with van der Waals surface area (Å²) in [5.74, 6) is 0.135. The van der Waals surface area contributed by atoms with Gasteiger partial charge in [0.15, 0.2) is 23.0 Å². The minimum absolute atomic E-state index is 0.203. The molecule has 134 valence electrons. The summed E-state index contributed by atoms with van der Waals surface area (Å²) in [7, 11) is 0. The van der Waals surface area contributed by atoms with Crippen LogP contribution in [0.3, 0.4) is 0 Å². The Morgan fingerprint density at radius 3 is 3.04 bits per heavy atom. The maximum atomic E-state index is 12.5. The number of hydrogen-bond acceptors (Lipinski definition) is 6. The number of ether oxygens (including phenoxy) is 1. The van der Waals surface area contributed by atoms with Crippen LogP contribution < -0.4 is 5.32 Å². The highest BCUT2D eigenvalue weighted by Crippen LogP contribution is 2.31. The van der Waals surface area contributed by atoms with Crippen molar-refractivity contribution >= 4 is 34.0 Å². The molecule has 3 aromatic rings. The maximum absolute atomic E-state index is 12.5. The van der Waals surface area contributed by atoms with Gasteiger partial charge in [-0.2, -0.15) is 0 Å². The smallest absolute Gasteiger partial charge is 0.279 e. The van der Waals surface area contributed by atoms with E-state index in [0.717, 1.165) is 28.3 Å². The van der Waals surface area contributed by atoms with E-state index in [4.69, 9.17) is 20.8 Å². The number of carbonyl (C=O) groups excluding carboxylic acids is 1. The predicted octanol–water partition coefficient (Wildman–Crippen LogP) is 4.48. The van der Waals surface area contributed by atoms with Gasteiger partial charge in [0.1, 0.15) is 6.10 Å². The van der Waals surface area contributed by atoms with Crippen molar-refractivity contribution in [3.8, 4) is 0 Å². The molecule has 0 bridgehead atoms. The van der Waals surface area contributed by atoms with Crippen molar-refractivity contribution < 1.29 is 13.9 Å². The third kappa shape index (κ3) is 3.65. The minimum Gasteiger partial charge on any atom is -0.445 e. The lowest BCUT2D eigenvalue weighted by atomic mass is 10.1. The molecule has 6 nitrogen and oxygen atoms in total. The maximum Gasteiger partial charge on any atom is 0.279 e. The molecule has 2 aromatic heterocycles. The summed E-state index contributed by atoms with van der Waals surface area (Å²) in [6.07, 6.45) is 5.26. The van der Waals surface area contributed by atoms with E-state index in [1.54, 1.807) is 6.20 Å². The first-order valence-corrected chi connectivity index (χ1v) is 9.44. The number of carbonyl (C=O) groups is 1.